The van der Waals surface area contributed by atoms with E-state index in [9.17, 15) is 18.0 Å². The molecule has 0 unspecified atom stereocenters. The van der Waals surface area contributed by atoms with Gasteiger partial charge in [0.2, 0.25) is 28.6 Å². The second kappa shape index (κ2) is 13.5. The average Bonchev–Trinajstić information content (AvgIpc) is 3.41. The maximum Gasteiger partial charge on any atom is 0.244 e. The number of amides is 2. The van der Waals surface area contributed by atoms with Crippen molar-refractivity contribution in [2.24, 2.45) is 0 Å². The van der Waals surface area contributed by atoms with Gasteiger partial charge in [0, 0.05) is 41.2 Å². The third-order valence-electron chi connectivity index (χ3n) is 6.53. The summed E-state index contributed by atoms with van der Waals surface area (Å²) in [6, 6.07) is 17.9. The lowest BCUT2D eigenvalue weighted by molar-refractivity contribution is -0.140. The van der Waals surface area contributed by atoms with E-state index in [-0.39, 0.29) is 31.4 Å². The minimum absolute atomic E-state index is 0.0109. The second-order valence-electron chi connectivity index (χ2n) is 9.53. The number of nitrogens with one attached hydrogen (secondary N) is 1. The fourth-order valence-electron chi connectivity index (χ4n) is 4.43. The summed E-state index contributed by atoms with van der Waals surface area (Å²) in [5.41, 5.74) is 1.48. The Kier molecular flexibility index (Phi) is 10.0. The summed E-state index contributed by atoms with van der Waals surface area (Å²) in [4.78, 5) is 29.0. The van der Waals surface area contributed by atoms with E-state index in [0.717, 1.165) is 16.1 Å². The number of halogens is 2. The number of nitrogens with zero attached hydrogens (tertiary/aromatic N) is 2. The Hall–Kier alpha value is -3.47. The third kappa shape index (κ3) is 7.63. The summed E-state index contributed by atoms with van der Waals surface area (Å²) in [6.45, 7) is 1.65. The number of ether oxygens (including phenoxy) is 2. The molecule has 0 saturated carbocycles. The molecule has 12 heteroatoms. The van der Waals surface area contributed by atoms with Crippen LogP contribution in [0.1, 0.15) is 24.5 Å². The maximum atomic E-state index is 14.1. The van der Waals surface area contributed by atoms with Crippen molar-refractivity contribution in [2.45, 2.75) is 32.4 Å². The quantitative estimate of drug-likeness (QED) is 0.316. The molecule has 0 radical (unpaired) electrons. The largest absolute Gasteiger partial charge is 0.454 e. The average molecular weight is 621 g/mol. The van der Waals surface area contributed by atoms with Crippen molar-refractivity contribution in [1.29, 1.82) is 0 Å². The molecule has 1 aliphatic heterocycles. The van der Waals surface area contributed by atoms with Crippen molar-refractivity contribution < 1.29 is 27.5 Å². The molecule has 218 valence electrons. The van der Waals surface area contributed by atoms with Crippen LogP contribution in [0.2, 0.25) is 10.0 Å². The first kappa shape index (κ1) is 30.5. The normalized spacial score (nSPS) is 13.0. The van der Waals surface area contributed by atoms with Crippen LogP contribution in [0.4, 0.5) is 5.69 Å². The lowest BCUT2D eigenvalue weighted by Crippen LogP contribution is -2.53. The molecule has 1 N–H and O–H groups in total. The van der Waals surface area contributed by atoms with E-state index in [1.165, 1.54) is 17.0 Å². The molecule has 3 aromatic rings. The van der Waals surface area contributed by atoms with Crippen molar-refractivity contribution in [2.75, 3.05) is 30.4 Å². The fourth-order valence-corrected chi connectivity index (χ4v) is 5.79. The molecule has 1 heterocycles. The van der Waals surface area contributed by atoms with E-state index in [1.54, 1.807) is 24.3 Å². The Morgan fingerprint density at radius 1 is 0.976 bits per heavy atom. The number of carbonyl (C=O) groups excluding carboxylic acids is 2. The van der Waals surface area contributed by atoms with Gasteiger partial charge in [-0.3, -0.25) is 13.9 Å². The number of hydrogen-bond acceptors (Lipinski definition) is 6. The molecule has 41 heavy (non-hydrogen) atoms. The summed E-state index contributed by atoms with van der Waals surface area (Å²) < 4.78 is 37.6. The smallest absolute Gasteiger partial charge is 0.244 e. The SMILES string of the molecule is CCCNC(=O)[C@@H](Cc1ccccc1)N(Cc1c(Cl)cccc1Cl)C(=O)CN(c1ccc2c(c1)OCO2)S(C)(=O)=O. The maximum absolute atomic E-state index is 14.1. The van der Waals surface area contributed by atoms with Crippen LogP contribution in [0.25, 0.3) is 0 Å². The van der Waals surface area contributed by atoms with Gasteiger partial charge in [-0.15, -0.1) is 0 Å². The number of anilines is 1. The van der Waals surface area contributed by atoms with Crippen LogP contribution in [0.15, 0.2) is 66.7 Å². The number of sulfonamides is 1. The van der Waals surface area contributed by atoms with Gasteiger partial charge in [0.1, 0.15) is 12.6 Å². The van der Waals surface area contributed by atoms with Crippen LogP contribution in [0.3, 0.4) is 0 Å². The van der Waals surface area contributed by atoms with Gasteiger partial charge in [-0.25, -0.2) is 8.42 Å². The van der Waals surface area contributed by atoms with Crippen molar-refractivity contribution in [3.05, 3.63) is 87.9 Å². The van der Waals surface area contributed by atoms with Gasteiger partial charge in [0.05, 0.1) is 11.9 Å². The molecular formula is C29H31Cl2N3O6S. The summed E-state index contributed by atoms with van der Waals surface area (Å²) >= 11 is 13.0. The van der Waals surface area contributed by atoms with Crippen molar-refractivity contribution >= 4 is 50.7 Å². The van der Waals surface area contributed by atoms with Gasteiger partial charge in [-0.2, -0.15) is 0 Å². The van der Waals surface area contributed by atoms with Crippen LogP contribution in [0, 0.1) is 0 Å². The van der Waals surface area contributed by atoms with Gasteiger partial charge >= 0.3 is 0 Å². The molecule has 0 aromatic heterocycles. The highest BCUT2D eigenvalue weighted by Gasteiger charge is 2.34. The van der Waals surface area contributed by atoms with Crippen LogP contribution in [-0.4, -0.2) is 57.3 Å². The van der Waals surface area contributed by atoms with Crippen molar-refractivity contribution in [3.63, 3.8) is 0 Å². The number of benzene rings is 3. The van der Waals surface area contributed by atoms with Crippen LogP contribution >= 0.6 is 23.2 Å². The van der Waals surface area contributed by atoms with E-state index >= 15 is 0 Å². The molecule has 1 atom stereocenters. The molecular weight excluding hydrogens is 589 g/mol. The van der Waals surface area contributed by atoms with Gasteiger partial charge in [0.25, 0.3) is 0 Å². The first-order chi connectivity index (χ1) is 19.6. The Morgan fingerprint density at radius 2 is 1.66 bits per heavy atom. The first-order valence-electron chi connectivity index (χ1n) is 13.0. The molecule has 0 saturated heterocycles. The van der Waals surface area contributed by atoms with Crippen LogP contribution in [-0.2, 0) is 32.6 Å². The number of hydrogen-bond donors (Lipinski definition) is 1. The molecule has 3 aromatic carbocycles. The third-order valence-corrected chi connectivity index (χ3v) is 8.38. The lowest BCUT2D eigenvalue weighted by atomic mass is 10.0. The van der Waals surface area contributed by atoms with Gasteiger partial charge in [-0.1, -0.05) is 66.5 Å². The molecule has 0 fully saturated rings. The standard InChI is InChI=1S/C29H31Cl2N3O6S/c1-3-14-32-29(36)25(15-20-8-5-4-6-9-20)33(17-22-23(30)10-7-11-24(22)31)28(35)18-34(41(2,37)38)21-12-13-26-27(16-21)40-19-39-26/h4-13,16,25H,3,14-15,17-19H2,1-2H3,(H,32,36)/t25-/m1/s1. The Bertz CT molecular complexity index is 1480. The van der Waals surface area contributed by atoms with Gasteiger partial charge < -0.3 is 19.7 Å². The highest BCUT2D eigenvalue weighted by Crippen LogP contribution is 2.36. The molecule has 0 spiro atoms. The predicted molar refractivity (Wildman–Crippen MR) is 159 cm³/mol. The van der Waals surface area contributed by atoms with E-state index in [4.69, 9.17) is 32.7 Å². The van der Waals surface area contributed by atoms with Gasteiger partial charge in [0.15, 0.2) is 11.5 Å². The highest BCUT2D eigenvalue weighted by molar-refractivity contribution is 7.92. The molecule has 0 bridgehead atoms. The topological polar surface area (TPSA) is 105 Å². The molecule has 9 nitrogen and oxygen atoms in total. The minimum Gasteiger partial charge on any atom is -0.454 e. The number of fused-ring (bicyclic) bond motifs is 1. The Morgan fingerprint density at radius 3 is 2.32 bits per heavy atom. The van der Waals surface area contributed by atoms with E-state index < -0.39 is 28.5 Å². The Labute approximate surface area is 250 Å². The summed E-state index contributed by atoms with van der Waals surface area (Å²) in [5.74, 6) is -0.152. The highest BCUT2D eigenvalue weighted by atomic mass is 35.5. The van der Waals surface area contributed by atoms with Gasteiger partial charge in [-0.05, 0) is 36.2 Å². The minimum atomic E-state index is -3.94. The van der Waals surface area contributed by atoms with Crippen LogP contribution in [0.5, 0.6) is 11.5 Å². The number of rotatable bonds is 12. The summed E-state index contributed by atoms with van der Waals surface area (Å²) in [6.07, 6.45) is 1.89. The molecule has 4 rings (SSSR count). The monoisotopic (exact) mass is 619 g/mol. The van der Waals surface area contributed by atoms with Crippen molar-refractivity contribution in [3.8, 4) is 11.5 Å². The Balaban J connectivity index is 1.75. The van der Waals surface area contributed by atoms with E-state index in [1.807, 2.05) is 37.3 Å². The van der Waals surface area contributed by atoms with Crippen molar-refractivity contribution in [1.82, 2.24) is 10.2 Å². The summed E-state index contributed by atoms with van der Waals surface area (Å²) in [7, 11) is -3.94. The zero-order valence-corrected chi connectivity index (χ0v) is 25.0. The fraction of sp³-hybridized carbons (Fsp3) is 0.310. The first-order valence-corrected chi connectivity index (χ1v) is 15.6. The predicted octanol–water partition coefficient (Wildman–Crippen LogP) is 4.65. The lowest BCUT2D eigenvalue weighted by Gasteiger charge is -2.34. The molecule has 1 aliphatic rings. The zero-order chi connectivity index (χ0) is 29.6. The summed E-state index contributed by atoms with van der Waals surface area (Å²) in [5, 5.41) is 3.52. The molecule has 0 aliphatic carbocycles. The second-order valence-corrected chi connectivity index (χ2v) is 12.2. The van der Waals surface area contributed by atoms with E-state index in [0.29, 0.717) is 40.1 Å². The zero-order valence-electron chi connectivity index (χ0n) is 22.7. The van der Waals surface area contributed by atoms with Crippen LogP contribution < -0.4 is 19.1 Å². The number of carbonyl (C=O) groups is 2. The van der Waals surface area contributed by atoms with E-state index in [2.05, 4.69) is 5.32 Å². The molecule has 2 amide bonds.